The van der Waals surface area contributed by atoms with E-state index in [0.717, 1.165) is 11.3 Å². The van der Waals surface area contributed by atoms with Gasteiger partial charge in [0.15, 0.2) is 0 Å². The third kappa shape index (κ3) is 3.49. The van der Waals surface area contributed by atoms with Gasteiger partial charge in [-0.1, -0.05) is 19.1 Å². The molecule has 1 aromatic carbocycles. The molecule has 1 aliphatic rings. The van der Waals surface area contributed by atoms with Crippen LogP contribution in [0.1, 0.15) is 46.7 Å². The van der Waals surface area contributed by atoms with Crippen LogP contribution < -0.4 is 4.74 Å². The monoisotopic (exact) mass is 341 g/mol. The number of benzene rings is 1. The summed E-state index contributed by atoms with van der Waals surface area (Å²) in [6, 6.07) is 9.24. The first-order valence-electron chi connectivity index (χ1n) is 8.49. The van der Waals surface area contributed by atoms with Gasteiger partial charge in [-0.15, -0.1) is 0 Å². The second-order valence-electron chi connectivity index (χ2n) is 6.34. The SMILES string of the molecule is CCc1nnc(C)cc1C(=O)N1C[C@@H](O)C[C@H]1c1cccc(OC)c1. The Morgan fingerprint density at radius 1 is 1.36 bits per heavy atom. The van der Waals surface area contributed by atoms with Crippen LogP contribution in [0.15, 0.2) is 30.3 Å². The molecule has 1 fully saturated rings. The lowest BCUT2D eigenvalue weighted by Gasteiger charge is -2.25. The molecule has 3 rings (SSSR count). The number of rotatable bonds is 4. The number of carbonyl (C=O) groups is 1. The normalized spacial score (nSPS) is 19.9. The van der Waals surface area contributed by atoms with Crippen LogP contribution >= 0.6 is 0 Å². The van der Waals surface area contributed by atoms with E-state index in [9.17, 15) is 9.90 Å². The summed E-state index contributed by atoms with van der Waals surface area (Å²) in [6.45, 7) is 4.08. The van der Waals surface area contributed by atoms with Crippen molar-refractivity contribution < 1.29 is 14.6 Å². The number of aliphatic hydroxyl groups is 1. The zero-order valence-corrected chi connectivity index (χ0v) is 14.8. The first-order chi connectivity index (χ1) is 12.0. The van der Waals surface area contributed by atoms with Crippen molar-refractivity contribution in [2.45, 2.75) is 38.8 Å². The van der Waals surface area contributed by atoms with Crippen molar-refractivity contribution in [2.75, 3.05) is 13.7 Å². The maximum atomic E-state index is 13.2. The minimum atomic E-state index is -0.541. The molecule has 6 nitrogen and oxygen atoms in total. The van der Waals surface area contributed by atoms with Crippen LogP contribution in [0.5, 0.6) is 5.75 Å². The van der Waals surface area contributed by atoms with Gasteiger partial charge in [-0.2, -0.15) is 10.2 Å². The second kappa shape index (κ2) is 7.19. The van der Waals surface area contributed by atoms with Crippen LogP contribution in [0, 0.1) is 6.92 Å². The first kappa shape index (κ1) is 17.4. The Labute approximate surface area is 147 Å². The van der Waals surface area contributed by atoms with Crippen LogP contribution in [0.2, 0.25) is 0 Å². The van der Waals surface area contributed by atoms with Gasteiger partial charge in [0.2, 0.25) is 0 Å². The molecule has 2 atom stereocenters. The van der Waals surface area contributed by atoms with E-state index in [-0.39, 0.29) is 11.9 Å². The first-order valence-corrected chi connectivity index (χ1v) is 8.49. The summed E-state index contributed by atoms with van der Waals surface area (Å²) in [4.78, 5) is 14.9. The summed E-state index contributed by atoms with van der Waals surface area (Å²) < 4.78 is 5.29. The molecular weight excluding hydrogens is 318 g/mol. The average molecular weight is 341 g/mol. The molecule has 2 heterocycles. The van der Waals surface area contributed by atoms with E-state index in [1.165, 1.54) is 0 Å². The Bertz CT molecular complexity index is 778. The van der Waals surface area contributed by atoms with Gasteiger partial charge in [0.1, 0.15) is 5.75 Å². The number of β-amino-alcohol motifs (C(OH)–C–C–N with tert-alkyl or cyclic N) is 1. The zero-order chi connectivity index (χ0) is 18.0. The highest BCUT2D eigenvalue weighted by molar-refractivity contribution is 5.95. The number of likely N-dealkylation sites (tertiary alicyclic amines) is 1. The molecular formula is C19H23N3O3. The topological polar surface area (TPSA) is 75.6 Å². The third-order valence-electron chi connectivity index (χ3n) is 4.58. The number of aryl methyl sites for hydroxylation is 2. The number of hydrogen-bond donors (Lipinski definition) is 1. The molecule has 6 heteroatoms. The lowest BCUT2D eigenvalue weighted by molar-refractivity contribution is 0.0713. The van der Waals surface area contributed by atoms with Crippen LogP contribution in [0.25, 0.3) is 0 Å². The number of carbonyl (C=O) groups excluding carboxylic acids is 1. The van der Waals surface area contributed by atoms with Gasteiger partial charge in [0, 0.05) is 6.54 Å². The quantitative estimate of drug-likeness (QED) is 0.923. The molecule has 0 aliphatic carbocycles. The fraction of sp³-hybridized carbons (Fsp3) is 0.421. The lowest BCUT2D eigenvalue weighted by Crippen LogP contribution is -2.32. The molecule has 0 saturated carbocycles. The predicted octanol–water partition coefficient (Wildman–Crippen LogP) is 2.30. The number of aromatic nitrogens is 2. The van der Waals surface area contributed by atoms with Gasteiger partial charge >= 0.3 is 0 Å². The minimum absolute atomic E-state index is 0.112. The summed E-state index contributed by atoms with van der Waals surface area (Å²) in [5, 5.41) is 18.4. The number of hydrogen-bond acceptors (Lipinski definition) is 5. The number of ether oxygens (including phenoxy) is 1. The molecule has 1 amide bonds. The van der Waals surface area contributed by atoms with Gasteiger partial charge in [-0.25, -0.2) is 0 Å². The molecule has 1 aromatic heterocycles. The van der Waals surface area contributed by atoms with Crippen molar-refractivity contribution in [1.82, 2.24) is 15.1 Å². The Kier molecular flexibility index (Phi) is 4.99. The van der Waals surface area contributed by atoms with Crippen molar-refractivity contribution >= 4 is 5.91 Å². The number of methoxy groups -OCH3 is 1. The van der Waals surface area contributed by atoms with E-state index in [1.54, 1.807) is 18.1 Å². The highest BCUT2D eigenvalue weighted by Gasteiger charge is 2.36. The Morgan fingerprint density at radius 2 is 2.16 bits per heavy atom. The van der Waals surface area contributed by atoms with E-state index in [1.807, 2.05) is 38.1 Å². The Hall–Kier alpha value is -2.47. The average Bonchev–Trinajstić information content (AvgIpc) is 3.03. The number of nitrogens with zero attached hydrogens (tertiary/aromatic N) is 3. The molecule has 0 unspecified atom stereocenters. The summed E-state index contributed by atoms with van der Waals surface area (Å²) in [7, 11) is 1.62. The fourth-order valence-electron chi connectivity index (χ4n) is 3.32. The maximum absolute atomic E-state index is 13.2. The number of aliphatic hydroxyl groups excluding tert-OH is 1. The van der Waals surface area contributed by atoms with Crippen LogP contribution in [-0.2, 0) is 6.42 Å². The molecule has 0 radical (unpaired) electrons. The van der Waals surface area contributed by atoms with Gasteiger partial charge in [-0.05, 0) is 43.5 Å². The molecule has 0 spiro atoms. The largest absolute Gasteiger partial charge is 0.497 e. The zero-order valence-electron chi connectivity index (χ0n) is 14.8. The fourth-order valence-corrected chi connectivity index (χ4v) is 3.32. The highest BCUT2D eigenvalue weighted by Crippen LogP contribution is 2.35. The van der Waals surface area contributed by atoms with E-state index in [0.29, 0.717) is 36.3 Å². The Balaban J connectivity index is 1.96. The van der Waals surface area contributed by atoms with Crippen LogP contribution in [0.4, 0.5) is 0 Å². The van der Waals surface area contributed by atoms with Crippen LogP contribution in [0.3, 0.4) is 0 Å². The number of amides is 1. The predicted molar refractivity (Wildman–Crippen MR) is 93.5 cm³/mol. The highest BCUT2D eigenvalue weighted by atomic mass is 16.5. The van der Waals surface area contributed by atoms with Crippen LogP contribution in [-0.4, -0.2) is 45.9 Å². The van der Waals surface area contributed by atoms with Gasteiger partial charge in [0.05, 0.1) is 36.2 Å². The van der Waals surface area contributed by atoms with Crippen molar-refractivity contribution in [3.63, 3.8) is 0 Å². The summed E-state index contributed by atoms with van der Waals surface area (Å²) >= 11 is 0. The van der Waals surface area contributed by atoms with Crippen molar-refractivity contribution in [1.29, 1.82) is 0 Å². The van der Waals surface area contributed by atoms with E-state index in [2.05, 4.69) is 10.2 Å². The summed E-state index contributed by atoms with van der Waals surface area (Å²) in [6.07, 6.45) is 0.605. The molecule has 132 valence electrons. The van der Waals surface area contributed by atoms with Crippen molar-refractivity contribution in [3.8, 4) is 5.75 Å². The Morgan fingerprint density at radius 3 is 2.88 bits per heavy atom. The van der Waals surface area contributed by atoms with Crippen molar-refractivity contribution in [3.05, 3.63) is 52.8 Å². The second-order valence-corrected chi connectivity index (χ2v) is 6.34. The van der Waals surface area contributed by atoms with Gasteiger partial charge in [-0.3, -0.25) is 4.79 Å². The molecule has 0 bridgehead atoms. The van der Waals surface area contributed by atoms with E-state index in [4.69, 9.17) is 4.74 Å². The molecule has 2 aromatic rings. The maximum Gasteiger partial charge on any atom is 0.256 e. The molecule has 25 heavy (non-hydrogen) atoms. The summed E-state index contributed by atoms with van der Waals surface area (Å²) in [5.74, 6) is 0.626. The third-order valence-corrected chi connectivity index (χ3v) is 4.58. The standard InChI is InChI=1S/C19H23N3O3/c1-4-17-16(8-12(2)20-21-17)19(24)22-11-14(23)10-18(22)13-6-5-7-15(9-13)25-3/h5-9,14,18,23H,4,10-11H2,1-3H3/t14-,18-/m0/s1. The van der Waals surface area contributed by atoms with E-state index >= 15 is 0 Å². The summed E-state index contributed by atoms with van der Waals surface area (Å²) in [5.41, 5.74) is 2.91. The lowest BCUT2D eigenvalue weighted by atomic mass is 10.0. The molecule has 1 aliphatic heterocycles. The molecule has 1 N–H and O–H groups in total. The van der Waals surface area contributed by atoms with E-state index < -0.39 is 6.10 Å². The van der Waals surface area contributed by atoms with Gasteiger partial charge in [0.25, 0.3) is 5.91 Å². The minimum Gasteiger partial charge on any atom is -0.497 e. The van der Waals surface area contributed by atoms with Gasteiger partial charge < -0.3 is 14.7 Å². The smallest absolute Gasteiger partial charge is 0.256 e. The molecule has 1 saturated heterocycles. The van der Waals surface area contributed by atoms with Crippen molar-refractivity contribution in [2.24, 2.45) is 0 Å².